The largest absolute Gasteiger partial charge is 0.496 e. The van der Waals surface area contributed by atoms with E-state index in [0.29, 0.717) is 21.8 Å². The van der Waals surface area contributed by atoms with Crippen LogP contribution in [0.3, 0.4) is 0 Å². The van der Waals surface area contributed by atoms with E-state index in [2.05, 4.69) is 4.98 Å². The molecule has 0 saturated heterocycles. The highest BCUT2D eigenvalue weighted by Crippen LogP contribution is 2.35. The molecule has 7 nitrogen and oxygen atoms in total. The minimum Gasteiger partial charge on any atom is -0.496 e. The number of aromatic nitrogens is 1. The van der Waals surface area contributed by atoms with Gasteiger partial charge in [0.1, 0.15) is 17.1 Å². The zero-order chi connectivity index (χ0) is 21.0. The van der Waals surface area contributed by atoms with Crippen molar-refractivity contribution in [2.75, 3.05) is 20.5 Å². The van der Waals surface area contributed by atoms with Crippen LogP contribution in [0, 0.1) is 0 Å². The Morgan fingerprint density at radius 1 is 1.00 bits per heavy atom. The molecule has 1 unspecified atom stereocenters. The third-order valence-electron chi connectivity index (χ3n) is 4.13. The molecule has 8 heteroatoms. The molecule has 0 saturated carbocycles. The third kappa shape index (κ3) is 4.55. The number of hydrogen-bond acceptors (Lipinski definition) is 6. The second kappa shape index (κ2) is 8.74. The lowest BCUT2D eigenvalue weighted by Crippen LogP contribution is -2.04. The molecule has 0 amide bonds. The van der Waals surface area contributed by atoms with E-state index in [1.807, 2.05) is 0 Å². The standard InChI is InChI=1S/C21H19NO6S/c1-26-14-11-18(27-2)22-19(12-14)28-17-9-5-8-16(20(17)21(23)24)13-6-4-7-15(10-13)29(3)25/h4-12H,1-3H3,(H,23,24). The predicted octanol–water partition coefficient (Wildman–Crippen LogP) is 3.99. The first-order valence-corrected chi connectivity index (χ1v) is 10.1. The minimum atomic E-state index is -1.19. The number of benzene rings is 2. The third-order valence-corrected chi connectivity index (χ3v) is 5.05. The zero-order valence-corrected chi connectivity index (χ0v) is 16.9. The molecule has 29 heavy (non-hydrogen) atoms. The van der Waals surface area contributed by atoms with Crippen molar-refractivity contribution in [3.05, 3.63) is 60.2 Å². The number of rotatable bonds is 7. The lowest BCUT2D eigenvalue weighted by atomic mass is 9.99. The van der Waals surface area contributed by atoms with Gasteiger partial charge in [-0.15, -0.1) is 0 Å². The average Bonchev–Trinajstić information content (AvgIpc) is 2.73. The molecule has 0 aliphatic rings. The van der Waals surface area contributed by atoms with Crippen LogP contribution in [0.15, 0.2) is 59.5 Å². The Morgan fingerprint density at radius 2 is 1.72 bits per heavy atom. The molecule has 0 aliphatic heterocycles. The van der Waals surface area contributed by atoms with Crippen LogP contribution < -0.4 is 14.2 Å². The second-order valence-electron chi connectivity index (χ2n) is 5.96. The monoisotopic (exact) mass is 413 g/mol. The van der Waals surface area contributed by atoms with Crippen molar-refractivity contribution in [2.45, 2.75) is 4.90 Å². The summed E-state index contributed by atoms with van der Waals surface area (Å²) < 4.78 is 27.9. The fourth-order valence-corrected chi connectivity index (χ4v) is 3.33. The van der Waals surface area contributed by atoms with Crippen molar-refractivity contribution < 1.29 is 28.3 Å². The number of carbonyl (C=O) groups is 1. The number of hydrogen-bond donors (Lipinski definition) is 1. The molecule has 0 radical (unpaired) electrons. The summed E-state index contributed by atoms with van der Waals surface area (Å²) in [5.41, 5.74) is 1.03. The van der Waals surface area contributed by atoms with Gasteiger partial charge < -0.3 is 19.3 Å². The fourth-order valence-electron chi connectivity index (χ4n) is 2.77. The highest BCUT2D eigenvalue weighted by atomic mass is 32.2. The maximum Gasteiger partial charge on any atom is 0.340 e. The van der Waals surface area contributed by atoms with Gasteiger partial charge in [-0.25, -0.2) is 4.79 Å². The molecule has 1 N–H and O–H groups in total. The quantitative estimate of drug-likeness (QED) is 0.626. The van der Waals surface area contributed by atoms with E-state index in [9.17, 15) is 14.1 Å². The number of carboxylic acids is 1. The van der Waals surface area contributed by atoms with Crippen LogP contribution in [0.25, 0.3) is 11.1 Å². The molecule has 2 aromatic carbocycles. The minimum absolute atomic E-state index is 0.0323. The van der Waals surface area contributed by atoms with Crippen molar-refractivity contribution in [1.82, 2.24) is 4.98 Å². The van der Waals surface area contributed by atoms with Crippen LogP contribution in [-0.4, -0.2) is 40.7 Å². The summed E-state index contributed by atoms with van der Waals surface area (Å²) in [6.07, 6.45) is 1.57. The molecule has 3 aromatic rings. The molecule has 0 spiro atoms. The summed E-state index contributed by atoms with van der Waals surface area (Å²) >= 11 is 0. The van der Waals surface area contributed by atoms with Crippen molar-refractivity contribution in [3.8, 4) is 34.4 Å². The fraction of sp³-hybridized carbons (Fsp3) is 0.143. The van der Waals surface area contributed by atoms with E-state index >= 15 is 0 Å². The number of pyridine rings is 1. The molecule has 1 atom stereocenters. The molecule has 0 fully saturated rings. The van der Waals surface area contributed by atoms with Gasteiger partial charge in [0.15, 0.2) is 0 Å². The topological polar surface area (TPSA) is 95.0 Å². The Hall–Kier alpha value is -3.39. The van der Waals surface area contributed by atoms with E-state index in [0.717, 1.165) is 0 Å². The Kier molecular flexibility index (Phi) is 6.13. The van der Waals surface area contributed by atoms with Crippen molar-refractivity contribution in [2.24, 2.45) is 0 Å². The van der Waals surface area contributed by atoms with Gasteiger partial charge in [-0.3, -0.25) is 4.21 Å². The summed E-state index contributed by atoms with van der Waals surface area (Å²) in [6, 6.07) is 14.9. The van der Waals surface area contributed by atoms with Gasteiger partial charge in [0.2, 0.25) is 11.8 Å². The van der Waals surface area contributed by atoms with Gasteiger partial charge in [0.25, 0.3) is 0 Å². The molecular weight excluding hydrogens is 394 g/mol. The SMILES string of the molecule is COc1cc(OC)nc(Oc2cccc(-c3cccc(S(C)=O)c3)c2C(=O)O)c1. The van der Waals surface area contributed by atoms with Crippen LogP contribution in [0.1, 0.15) is 10.4 Å². The summed E-state index contributed by atoms with van der Waals surface area (Å²) in [4.78, 5) is 16.8. The number of carboxylic acid groups (broad SMARTS) is 1. The summed E-state index contributed by atoms with van der Waals surface area (Å²) in [6.45, 7) is 0. The Balaban J connectivity index is 2.10. The van der Waals surface area contributed by atoms with Crippen LogP contribution in [0.2, 0.25) is 0 Å². The first-order valence-electron chi connectivity index (χ1n) is 8.51. The summed E-state index contributed by atoms with van der Waals surface area (Å²) in [7, 11) is 1.76. The molecular formula is C21H19NO6S. The van der Waals surface area contributed by atoms with Crippen LogP contribution in [0.4, 0.5) is 0 Å². The van der Waals surface area contributed by atoms with Gasteiger partial charge >= 0.3 is 5.97 Å². The number of nitrogens with zero attached hydrogens (tertiary/aromatic N) is 1. The molecule has 0 aliphatic carbocycles. The Labute approximate surface area is 170 Å². The molecule has 3 rings (SSSR count). The van der Waals surface area contributed by atoms with Gasteiger partial charge in [-0.05, 0) is 23.8 Å². The van der Waals surface area contributed by atoms with Crippen LogP contribution in [-0.2, 0) is 10.8 Å². The normalized spacial score (nSPS) is 11.6. The number of ether oxygens (including phenoxy) is 3. The maximum atomic E-state index is 12.1. The lowest BCUT2D eigenvalue weighted by Gasteiger charge is -2.14. The van der Waals surface area contributed by atoms with E-state index in [-0.39, 0.29) is 23.1 Å². The van der Waals surface area contributed by atoms with E-state index in [4.69, 9.17) is 14.2 Å². The van der Waals surface area contributed by atoms with Gasteiger partial charge in [0.05, 0.1) is 14.2 Å². The van der Waals surface area contributed by atoms with Crippen molar-refractivity contribution >= 4 is 16.8 Å². The first-order chi connectivity index (χ1) is 13.9. The molecule has 150 valence electrons. The smallest absolute Gasteiger partial charge is 0.340 e. The zero-order valence-electron chi connectivity index (χ0n) is 16.0. The maximum absolute atomic E-state index is 12.1. The molecule has 1 heterocycles. The molecule has 1 aromatic heterocycles. The summed E-state index contributed by atoms with van der Waals surface area (Å²) in [5.74, 6) is -0.193. The average molecular weight is 413 g/mol. The van der Waals surface area contributed by atoms with Gasteiger partial charge in [0, 0.05) is 39.6 Å². The number of aromatic carboxylic acids is 1. The van der Waals surface area contributed by atoms with E-state index < -0.39 is 16.8 Å². The lowest BCUT2D eigenvalue weighted by molar-refractivity contribution is 0.0695. The van der Waals surface area contributed by atoms with Gasteiger partial charge in [-0.2, -0.15) is 4.98 Å². The highest BCUT2D eigenvalue weighted by Gasteiger charge is 2.20. The van der Waals surface area contributed by atoms with Crippen molar-refractivity contribution in [3.63, 3.8) is 0 Å². The summed E-state index contributed by atoms with van der Waals surface area (Å²) in [5, 5.41) is 9.86. The second-order valence-corrected chi connectivity index (χ2v) is 7.34. The molecule has 0 bridgehead atoms. The van der Waals surface area contributed by atoms with E-state index in [1.54, 1.807) is 54.8 Å². The van der Waals surface area contributed by atoms with Crippen LogP contribution >= 0.6 is 0 Å². The Morgan fingerprint density at radius 3 is 2.38 bits per heavy atom. The van der Waals surface area contributed by atoms with Crippen molar-refractivity contribution in [1.29, 1.82) is 0 Å². The highest BCUT2D eigenvalue weighted by molar-refractivity contribution is 7.84. The van der Waals surface area contributed by atoms with Gasteiger partial charge in [-0.1, -0.05) is 24.3 Å². The first kappa shape index (κ1) is 20.3. The van der Waals surface area contributed by atoms with E-state index in [1.165, 1.54) is 20.3 Å². The van der Waals surface area contributed by atoms with Crippen LogP contribution in [0.5, 0.6) is 23.3 Å². The number of methoxy groups -OCH3 is 2. The Bertz CT molecular complexity index is 1060. The predicted molar refractivity (Wildman–Crippen MR) is 109 cm³/mol.